The van der Waals surface area contributed by atoms with Gasteiger partial charge in [0.1, 0.15) is 12.3 Å². The first-order valence-electron chi connectivity index (χ1n) is 11.0. The van der Waals surface area contributed by atoms with E-state index in [9.17, 15) is 14.4 Å². The van der Waals surface area contributed by atoms with Crippen LogP contribution in [-0.2, 0) is 9.59 Å². The summed E-state index contributed by atoms with van der Waals surface area (Å²) < 4.78 is 5.10. The molecule has 0 heterocycles. The lowest BCUT2D eigenvalue weighted by Gasteiger charge is -2.34. The van der Waals surface area contributed by atoms with E-state index in [-0.39, 0.29) is 36.9 Å². The summed E-state index contributed by atoms with van der Waals surface area (Å²) in [7, 11) is 1.57. The van der Waals surface area contributed by atoms with E-state index in [1.807, 2.05) is 25.1 Å². The van der Waals surface area contributed by atoms with Gasteiger partial charge in [-0.2, -0.15) is 0 Å². The van der Waals surface area contributed by atoms with Crippen LogP contribution in [0.15, 0.2) is 48.5 Å². The smallest absolute Gasteiger partial charge is 0.254 e. The van der Waals surface area contributed by atoms with E-state index >= 15 is 0 Å². The molecule has 0 aromatic heterocycles. The quantitative estimate of drug-likeness (QED) is 0.661. The zero-order valence-electron chi connectivity index (χ0n) is 18.7. The number of rotatable bonds is 8. The van der Waals surface area contributed by atoms with Crippen molar-refractivity contribution in [3.05, 3.63) is 59.7 Å². The Kier molecular flexibility index (Phi) is 8.25. The summed E-state index contributed by atoms with van der Waals surface area (Å²) in [6.45, 7) is 1.71. The van der Waals surface area contributed by atoms with Crippen molar-refractivity contribution in [3.63, 3.8) is 0 Å². The molecule has 2 aromatic carbocycles. The molecule has 32 heavy (non-hydrogen) atoms. The number of aryl methyl sites for hydroxylation is 1. The molecule has 0 unspecified atom stereocenters. The number of nitrogens with one attached hydrogen (secondary N) is 2. The highest BCUT2D eigenvalue weighted by Crippen LogP contribution is 2.24. The minimum absolute atomic E-state index is 0.0376. The van der Waals surface area contributed by atoms with Gasteiger partial charge in [-0.05, 0) is 56.2 Å². The second-order valence-corrected chi connectivity index (χ2v) is 8.15. The van der Waals surface area contributed by atoms with Gasteiger partial charge in [-0.1, -0.05) is 37.0 Å². The minimum Gasteiger partial charge on any atom is -0.497 e. The Morgan fingerprint density at radius 3 is 2.38 bits per heavy atom. The summed E-state index contributed by atoms with van der Waals surface area (Å²) in [5.74, 6) is -0.130. The fourth-order valence-electron chi connectivity index (χ4n) is 3.97. The number of hydrogen-bond donors (Lipinski definition) is 2. The molecule has 3 amide bonds. The van der Waals surface area contributed by atoms with Crippen LogP contribution in [0.2, 0.25) is 0 Å². The van der Waals surface area contributed by atoms with Gasteiger partial charge in [-0.3, -0.25) is 14.4 Å². The molecule has 2 N–H and O–H groups in total. The number of methoxy groups -OCH3 is 1. The van der Waals surface area contributed by atoms with Crippen molar-refractivity contribution in [2.45, 2.75) is 45.1 Å². The minimum atomic E-state index is -0.346. The summed E-state index contributed by atoms with van der Waals surface area (Å²) in [4.78, 5) is 39.7. The number of carbonyl (C=O) groups is 3. The van der Waals surface area contributed by atoms with Crippen molar-refractivity contribution in [3.8, 4) is 5.75 Å². The molecule has 7 heteroatoms. The van der Waals surface area contributed by atoms with Crippen molar-refractivity contribution >= 4 is 23.4 Å². The highest BCUT2D eigenvalue weighted by molar-refractivity contribution is 5.98. The molecule has 1 fully saturated rings. The monoisotopic (exact) mass is 437 g/mol. The fraction of sp³-hybridized carbons (Fsp3) is 0.400. The Bertz CT molecular complexity index is 936. The van der Waals surface area contributed by atoms with E-state index in [0.717, 1.165) is 37.7 Å². The van der Waals surface area contributed by atoms with Crippen LogP contribution in [0.3, 0.4) is 0 Å². The lowest BCUT2D eigenvalue weighted by Crippen LogP contribution is -2.48. The molecule has 0 bridgehead atoms. The SMILES string of the molecule is COc1ccc(NC(=O)CNC(=O)CN(C(=O)c2cccc(C)c2)C2CCCCC2)cc1. The van der Waals surface area contributed by atoms with Crippen molar-refractivity contribution < 1.29 is 19.1 Å². The zero-order valence-corrected chi connectivity index (χ0v) is 18.7. The van der Waals surface area contributed by atoms with E-state index in [1.165, 1.54) is 0 Å². The number of carbonyl (C=O) groups excluding carboxylic acids is 3. The normalized spacial score (nSPS) is 13.8. The van der Waals surface area contributed by atoms with Crippen LogP contribution in [0.5, 0.6) is 5.75 Å². The molecule has 1 aliphatic rings. The van der Waals surface area contributed by atoms with Crippen LogP contribution in [0.1, 0.15) is 48.0 Å². The number of ether oxygens (including phenoxy) is 1. The maximum absolute atomic E-state index is 13.2. The summed E-state index contributed by atoms with van der Waals surface area (Å²) in [6, 6.07) is 14.4. The summed E-state index contributed by atoms with van der Waals surface area (Å²) in [5, 5.41) is 5.37. The summed E-state index contributed by atoms with van der Waals surface area (Å²) in [6.07, 6.45) is 5.04. The predicted octanol–water partition coefficient (Wildman–Crippen LogP) is 3.53. The highest BCUT2D eigenvalue weighted by atomic mass is 16.5. The lowest BCUT2D eigenvalue weighted by atomic mass is 9.93. The Balaban J connectivity index is 1.59. The molecule has 0 atom stereocenters. The summed E-state index contributed by atoms with van der Waals surface area (Å²) >= 11 is 0. The number of hydrogen-bond acceptors (Lipinski definition) is 4. The van der Waals surface area contributed by atoms with Gasteiger partial charge in [-0.15, -0.1) is 0 Å². The predicted molar refractivity (Wildman–Crippen MR) is 124 cm³/mol. The largest absolute Gasteiger partial charge is 0.497 e. The average molecular weight is 438 g/mol. The molecule has 0 aliphatic heterocycles. The first kappa shape index (κ1) is 23.3. The van der Waals surface area contributed by atoms with Crippen molar-refractivity contribution in [1.29, 1.82) is 0 Å². The van der Waals surface area contributed by atoms with Gasteiger partial charge >= 0.3 is 0 Å². The Morgan fingerprint density at radius 1 is 1.00 bits per heavy atom. The first-order chi connectivity index (χ1) is 15.5. The van der Waals surface area contributed by atoms with Gasteiger partial charge in [0.2, 0.25) is 11.8 Å². The van der Waals surface area contributed by atoms with E-state index < -0.39 is 0 Å². The molecule has 7 nitrogen and oxygen atoms in total. The standard InChI is InChI=1S/C25H31N3O4/c1-18-7-6-8-19(15-18)25(31)28(21-9-4-3-5-10-21)17-24(30)26-16-23(29)27-20-11-13-22(32-2)14-12-20/h6-8,11-15,21H,3-5,9-10,16-17H2,1-2H3,(H,26,30)(H,27,29). The number of nitrogens with zero attached hydrogens (tertiary/aromatic N) is 1. The third-order valence-corrected chi connectivity index (χ3v) is 5.68. The Hall–Kier alpha value is -3.35. The third-order valence-electron chi connectivity index (χ3n) is 5.68. The van der Waals surface area contributed by atoms with Crippen LogP contribution in [0.25, 0.3) is 0 Å². The van der Waals surface area contributed by atoms with Gasteiger partial charge < -0.3 is 20.3 Å². The molecule has 1 aliphatic carbocycles. The number of benzene rings is 2. The molecule has 0 saturated heterocycles. The maximum Gasteiger partial charge on any atom is 0.254 e. The Labute approximate surface area is 189 Å². The van der Waals surface area contributed by atoms with Gasteiger partial charge in [0.05, 0.1) is 13.7 Å². The zero-order chi connectivity index (χ0) is 22.9. The number of amides is 3. The van der Waals surface area contributed by atoms with Crippen LogP contribution >= 0.6 is 0 Å². The molecular weight excluding hydrogens is 406 g/mol. The van der Waals surface area contributed by atoms with E-state index in [1.54, 1.807) is 42.3 Å². The number of anilines is 1. The van der Waals surface area contributed by atoms with Crippen LogP contribution in [-0.4, -0.2) is 48.9 Å². The van der Waals surface area contributed by atoms with Gasteiger partial charge in [-0.25, -0.2) is 0 Å². The maximum atomic E-state index is 13.2. The van der Waals surface area contributed by atoms with Crippen LogP contribution in [0, 0.1) is 6.92 Å². The fourth-order valence-corrected chi connectivity index (χ4v) is 3.97. The van der Waals surface area contributed by atoms with Crippen LogP contribution in [0.4, 0.5) is 5.69 Å². The molecular formula is C25H31N3O4. The van der Waals surface area contributed by atoms with Gasteiger partial charge in [0.15, 0.2) is 0 Å². The lowest BCUT2D eigenvalue weighted by molar-refractivity contribution is -0.125. The molecule has 1 saturated carbocycles. The van der Waals surface area contributed by atoms with E-state index in [4.69, 9.17) is 4.74 Å². The Morgan fingerprint density at radius 2 is 1.72 bits per heavy atom. The molecule has 170 valence electrons. The van der Waals surface area contributed by atoms with Crippen LogP contribution < -0.4 is 15.4 Å². The highest BCUT2D eigenvalue weighted by Gasteiger charge is 2.28. The second-order valence-electron chi connectivity index (χ2n) is 8.15. The second kappa shape index (κ2) is 11.3. The third kappa shape index (κ3) is 6.57. The van der Waals surface area contributed by atoms with Gasteiger partial charge in [0.25, 0.3) is 5.91 Å². The van der Waals surface area contributed by atoms with E-state index in [2.05, 4.69) is 10.6 Å². The van der Waals surface area contributed by atoms with Crippen molar-refractivity contribution in [2.24, 2.45) is 0 Å². The average Bonchev–Trinajstić information content (AvgIpc) is 2.82. The topological polar surface area (TPSA) is 87.7 Å². The van der Waals surface area contributed by atoms with E-state index in [0.29, 0.717) is 17.0 Å². The molecule has 0 spiro atoms. The molecule has 2 aromatic rings. The molecule has 0 radical (unpaired) electrons. The first-order valence-corrected chi connectivity index (χ1v) is 11.0. The summed E-state index contributed by atoms with van der Waals surface area (Å²) in [5.41, 5.74) is 2.20. The van der Waals surface area contributed by atoms with Crippen molar-refractivity contribution in [2.75, 3.05) is 25.5 Å². The molecule has 3 rings (SSSR count). The van der Waals surface area contributed by atoms with Gasteiger partial charge in [0, 0.05) is 17.3 Å². The van der Waals surface area contributed by atoms with Crippen molar-refractivity contribution in [1.82, 2.24) is 10.2 Å².